The number of thiazole rings is 1. The largest absolute Gasteiger partial charge is 0.352 e. The number of anilines is 1. The molecule has 1 aliphatic heterocycles. The number of carbonyl (C=O) groups excluding carboxylic acids is 1. The van der Waals surface area contributed by atoms with Crippen LogP contribution < -0.4 is 10.2 Å². The molecule has 1 unspecified atom stereocenters. The number of rotatable bonds is 4. The van der Waals surface area contributed by atoms with Gasteiger partial charge in [-0.05, 0) is 42.7 Å². The third kappa shape index (κ3) is 3.67. The number of hydrogen-bond acceptors (Lipinski definition) is 5. The molecule has 7 heteroatoms. The number of aromatic nitrogens is 2. The number of fused-ring (bicyclic) bond motifs is 1. The molecule has 26 heavy (non-hydrogen) atoms. The summed E-state index contributed by atoms with van der Waals surface area (Å²) in [6, 6.07) is 10.0. The standard InChI is InChI=1S/C19H19FN4OS/c20-15-7-5-13(6-8-15)11-22-17(25)14-3-2-10-24(12-14)19-23-16-4-1-9-21-18(16)26-19/h1,4-9,14H,2-3,10-12H2,(H,22,25). The minimum absolute atomic E-state index is 0.0401. The normalized spacial score (nSPS) is 17.4. The van der Waals surface area contributed by atoms with Crippen LogP contribution in [0, 0.1) is 11.7 Å². The molecule has 0 aliphatic carbocycles. The number of hydrogen-bond donors (Lipinski definition) is 1. The Hall–Kier alpha value is -2.54. The third-order valence-corrected chi connectivity index (χ3v) is 5.64. The van der Waals surface area contributed by atoms with Gasteiger partial charge in [-0.1, -0.05) is 23.5 Å². The van der Waals surface area contributed by atoms with E-state index in [0.717, 1.165) is 40.4 Å². The van der Waals surface area contributed by atoms with Gasteiger partial charge in [-0.25, -0.2) is 14.4 Å². The summed E-state index contributed by atoms with van der Waals surface area (Å²) in [7, 11) is 0. The highest BCUT2D eigenvalue weighted by Crippen LogP contribution is 2.30. The van der Waals surface area contributed by atoms with Crippen molar-refractivity contribution in [2.45, 2.75) is 19.4 Å². The maximum atomic E-state index is 13.0. The lowest BCUT2D eigenvalue weighted by molar-refractivity contribution is -0.125. The molecule has 1 amide bonds. The van der Waals surface area contributed by atoms with Crippen molar-refractivity contribution in [1.82, 2.24) is 15.3 Å². The lowest BCUT2D eigenvalue weighted by Gasteiger charge is -2.31. The quantitative estimate of drug-likeness (QED) is 0.765. The van der Waals surface area contributed by atoms with Crippen LogP contribution in [0.2, 0.25) is 0 Å². The van der Waals surface area contributed by atoms with Crippen LogP contribution in [0.3, 0.4) is 0 Å². The summed E-state index contributed by atoms with van der Waals surface area (Å²) in [6.45, 7) is 1.98. The Morgan fingerprint density at radius 1 is 1.31 bits per heavy atom. The molecule has 2 aromatic heterocycles. The predicted molar refractivity (Wildman–Crippen MR) is 101 cm³/mol. The second-order valence-corrected chi connectivity index (χ2v) is 7.41. The average Bonchev–Trinajstić information content (AvgIpc) is 3.12. The molecule has 0 radical (unpaired) electrons. The highest BCUT2D eigenvalue weighted by atomic mass is 32.1. The Kier molecular flexibility index (Phi) is 4.79. The molecule has 0 saturated carbocycles. The molecule has 1 saturated heterocycles. The predicted octanol–water partition coefficient (Wildman–Crippen LogP) is 3.36. The number of halogens is 1. The molecular weight excluding hydrogens is 351 g/mol. The topological polar surface area (TPSA) is 58.1 Å². The third-order valence-electron chi connectivity index (χ3n) is 4.60. The fraction of sp³-hybridized carbons (Fsp3) is 0.316. The lowest BCUT2D eigenvalue weighted by Crippen LogP contribution is -2.42. The van der Waals surface area contributed by atoms with Crippen molar-refractivity contribution in [2.75, 3.05) is 18.0 Å². The first-order valence-corrected chi connectivity index (χ1v) is 9.49. The minimum atomic E-state index is -0.270. The summed E-state index contributed by atoms with van der Waals surface area (Å²) in [6.07, 6.45) is 3.60. The van der Waals surface area contributed by atoms with E-state index in [9.17, 15) is 9.18 Å². The van der Waals surface area contributed by atoms with Gasteiger partial charge in [0.2, 0.25) is 5.91 Å². The minimum Gasteiger partial charge on any atom is -0.352 e. The van der Waals surface area contributed by atoms with Crippen molar-refractivity contribution < 1.29 is 9.18 Å². The van der Waals surface area contributed by atoms with E-state index in [1.807, 2.05) is 12.1 Å². The van der Waals surface area contributed by atoms with Gasteiger partial charge in [-0.2, -0.15) is 0 Å². The molecule has 0 bridgehead atoms. The van der Waals surface area contributed by atoms with Crippen LogP contribution in [0.15, 0.2) is 42.6 Å². The first-order chi connectivity index (χ1) is 12.7. The molecule has 4 rings (SSSR count). The number of nitrogens with zero attached hydrogens (tertiary/aromatic N) is 3. The van der Waals surface area contributed by atoms with Crippen molar-refractivity contribution in [1.29, 1.82) is 0 Å². The van der Waals surface area contributed by atoms with Crippen LogP contribution in [0.5, 0.6) is 0 Å². The van der Waals surface area contributed by atoms with Crippen LogP contribution in [0.25, 0.3) is 10.3 Å². The van der Waals surface area contributed by atoms with E-state index in [1.54, 1.807) is 29.7 Å². The SMILES string of the molecule is O=C(NCc1ccc(F)cc1)C1CCCN(c2nc3cccnc3s2)C1. The fourth-order valence-electron chi connectivity index (χ4n) is 3.19. The van der Waals surface area contributed by atoms with Crippen molar-refractivity contribution in [3.63, 3.8) is 0 Å². The van der Waals surface area contributed by atoms with E-state index in [0.29, 0.717) is 13.1 Å². The maximum absolute atomic E-state index is 13.0. The van der Waals surface area contributed by atoms with Gasteiger partial charge >= 0.3 is 0 Å². The zero-order valence-electron chi connectivity index (χ0n) is 14.2. The molecule has 1 aliphatic rings. The van der Waals surface area contributed by atoms with Gasteiger partial charge in [-0.3, -0.25) is 4.79 Å². The van der Waals surface area contributed by atoms with Crippen molar-refractivity contribution in [3.8, 4) is 0 Å². The highest BCUT2D eigenvalue weighted by Gasteiger charge is 2.27. The maximum Gasteiger partial charge on any atom is 0.225 e. The molecule has 1 atom stereocenters. The van der Waals surface area contributed by atoms with Crippen LogP contribution in [0.4, 0.5) is 9.52 Å². The number of benzene rings is 1. The molecule has 3 aromatic rings. The van der Waals surface area contributed by atoms with Gasteiger partial charge < -0.3 is 10.2 Å². The molecular formula is C19H19FN4OS. The Labute approximate surface area is 154 Å². The van der Waals surface area contributed by atoms with Gasteiger partial charge in [0, 0.05) is 25.8 Å². The van der Waals surface area contributed by atoms with E-state index in [1.165, 1.54) is 12.1 Å². The van der Waals surface area contributed by atoms with Gasteiger partial charge in [-0.15, -0.1) is 0 Å². The Morgan fingerprint density at radius 3 is 2.96 bits per heavy atom. The molecule has 0 spiro atoms. The molecule has 3 heterocycles. The van der Waals surface area contributed by atoms with Crippen molar-refractivity contribution in [2.24, 2.45) is 5.92 Å². The van der Waals surface area contributed by atoms with Crippen molar-refractivity contribution >= 4 is 32.7 Å². The molecule has 1 N–H and O–H groups in total. The van der Waals surface area contributed by atoms with Crippen LogP contribution in [-0.2, 0) is 11.3 Å². The summed E-state index contributed by atoms with van der Waals surface area (Å²) in [4.78, 5) is 24.6. The number of nitrogens with one attached hydrogen (secondary N) is 1. The van der Waals surface area contributed by atoms with Crippen molar-refractivity contribution in [3.05, 3.63) is 54.0 Å². The summed E-state index contributed by atoms with van der Waals surface area (Å²) in [5.41, 5.74) is 1.79. The van der Waals surface area contributed by atoms with E-state index in [2.05, 4.69) is 20.2 Å². The zero-order chi connectivity index (χ0) is 17.9. The monoisotopic (exact) mass is 370 g/mol. The van der Waals surface area contributed by atoms with E-state index in [4.69, 9.17) is 0 Å². The number of carbonyl (C=O) groups is 1. The van der Waals surface area contributed by atoms with Crippen LogP contribution >= 0.6 is 11.3 Å². The lowest BCUT2D eigenvalue weighted by atomic mass is 9.97. The highest BCUT2D eigenvalue weighted by molar-refractivity contribution is 7.21. The van der Waals surface area contributed by atoms with E-state index in [-0.39, 0.29) is 17.6 Å². The number of pyridine rings is 1. The number of amides is 1. The average molecular weight is 370 g/mol. The van der Waals surface area contributed by atoms with Gasteiger partial charge in [0.1, 0.15) is 16.2 Å². The molecule has 1 aromatic carbocycles. The van der Waals surface area contributed by atoms with E-state index < -0.39 is 0 Å². The summed E-state index contributed by atoms with van der Waals surface area (Å²) in [5, 5.41) is 3.90. The summed E-state index contributed by atoms with van der Waals surface area (Å²) < 4.78 is 13.0. The van der Waals surface area contributed by atoms with Crippen LogP contribution in [0.1, 0.15) is 18.4 Å². The van der Waals surface area contributed by atoms with Gasteiger partial charge in [0.15, 0.2) is 5.13 Å². The van der Waals surface area contributed by atoms with Gasteiger partial charge in [0.05, 0.1) is 5.92 Å². The van der Waals surface area contributed by atoms with Gasteiger partial charge in [0.25, 0.3) is 0 Å². The molecule has 1 fully saturated rings. The smallest absolute Gasteiger partial charge is 0.225 e. The second-order valence-electron chi connectivity index (χ2n) is 6.45. The first-order valence-electron chi connectivity index (χ1n) is 8.68. The Bertz CT molecular complexity index is 878. The number of piperidine rings is 1. The Morgan fingerprint density at radius 2 is 2.15 bits per heavy atom. The second kappa shape index (κ2) is 7.37. The molecule has 5 nitrogen and oxygen atoms in total. The Balaban J connectivity index is 1.39. The first kappa shape index (κ1) is 16.9. The summed E-state index contributed by atoms with van der Waals surface area (Å²) in [5.74, 6) is -0.296. The van der Waals surface area contributed by atoms with Crippen LogP contribution in [-0.4, -0.2) is 29.0 Å². The fourth-order valence-corrected chi connectivity index (χ4v) is 4.14. The zero-order valence-corrected chi connectivity index (χ0v) is 15.0. The van der Waals surface area contributed by atoms with E-state index >= 15 is 0 Å². The molecule has 134 valence electrons. The summed E-state index contributed by atoms with van der Waals surface area (Å²) >= 11 is 1.57.